The van der Waals surface area contributed by atoms with Gasteiger partial charge in [0.2, 0.25) is 0 Å². The number of benzene rings is 2. The van der Waals surface area contributed by atoms with Gasteiger partial charge in [-0.1, -0.05) is 42.5 Å². The van der Waals surface area contributed by atoms with Crippen LogP contribution in [0.1, 0.15) is 16.7 Å². The second-order valence-corrected chi connectivity index (χ2v) is 6.16. The highest BCUT2D eigenvalue weighted by molar-refractivity contribution is 6.01. The van der Waals surface area contributed by atoms with Gasteiger partial charge < -0.3 is 9.47 Å². The molecule has 0 fully saturated rings. The van der Waals surface area contributed by atoms with Gasteiger partial charge in [0.1, 0.15) is 0 Å². The normalized spacial score (nSPS) is 14.8. The molecule has 24 heavy (non-hydrogen) atoms. The summed E-state index contributed by atoms with van der Waals surface area (Å²) in [6.45, 7) is 2.03. The zero-order valence-corrected chi connectivity index (χ0v) is 14.1. The van der Waals surface area contributed by atoms with Crippen LogP contribution in [-0.4, -0.2) is 26.2 Å². The van der Waals surface area contributed by atoms with Crippen LogP contribution in [0.3, 0.4) is 0 Å². The monoisotopic (exact) mass is 324 g/mol. The summed E-state index contributed by atoms with van der Waals surface area (Å²) >= 11 is 0. The molecule has 0 heterocycles. The molecular weight excluding hydrogens is 304 g/mol. The Balaban J connectivity index is 2.08. The molecule has 0 radical (unpaired) electrons. The number of hydrogen-bond acceptors (Lipinski definition) is 4. The molecule has 4 heteroatoms. The van der Waals surface area contributed by atoms with Crippen LogP contribution in [0.2, 0.25) is 0 Å². The highest BCUT2D eigenvalue weighted by Crippen LogP contribution is 2.42. The molecule has 0 atom stereocenters. The molecule has 1 aliphatic carbocycles. The minimum Gasteiger partial charge on any atom is -0.468 e. The van der Waals surface area contributed by atoms with Crippen LogP contribution in [0.15, 0.2) is 42.5 Å². The second-order valence-electron chi connectivity index (χ2n) is 6.16. The quantitative estimate of drug-likeness (QED) is 0.643. The molecule has 0 aliphatic heterocycles. The molecular formula is C20H20O4. The van der Waals surface area contributed by atoms with Crippen molar-refractivity contribution in [1.29, 1.82) is 0 Å². The van der Waals surface area contributed by atoms with Gasteiger partial charge in [0.05, 0.1) is 14.2 Å². The van der Waals surface area contributed by atoms with E-state index < -0.39 is 17.4 Å². The number of carbonyl (C=O) groups is 2. The van der Waals surface area contributed by atoms with Gasteiger partial charge in [-0.2, -0.15) is 0 Å². The minimum atomic E-state index is -1.27. The summed E-state index contributed by atoms with van der Waals surface area (Å²) in [7, 11) is 2.61. The Morgan fingerprint density at radius 1 is 0.917 bits per heavy atom. The van der Waals surface area contributed by atoms with Gasteiger partial charge in [0.25, 0.3) is 0 Å². The largest absolute Gasteiger partial charge is 0.468 e. The van der Waals surface area contributed by atoms with Crippen LogP contribution in [0.25, 0.3) is 11.1 Å². The van der Waals surface area contributed by atoms with Crippen LogP contribution < -0.4 is 0 Å². The highest BCUT2D eigenvalue weighted by Gasteiger charge is 2.53. The summed E-state index contributed by atoms with van der Waals surface area (Å²) in [6, 6.07) is 14.1. The maximum Gasteiger partial charge on any atom is 0.323 e. The highest BCUT2D eigenvalue weighted by atomic mass is 16.5. The first-order valence-corrected chi connectivity index (χ1v) is 7.87. The van der Waals surface area contributed by atoms with Crippen molar-refractivity contribution < 1.29 is 19.1 Å². The third kappa shape index (κ3) is 2.39. The van der Waals surface area contributed by atoms with E-state index in [0.717, 1.165) is 27.8 Å². The Bertz CT molecular complexity index is 777. The molecule has 1 aliphatic rings. The molecule has 0 spiro atoms. The first-order valence-electron chi connectivity index (χ1n) is 7.87. The van der Waals surface area contributed by atoms with E-state index in [-0.39, 0.29) is 0 Å². The van der Waals surface area contributed by atoms with E-state index in [0.29, 0.717) is 12.8 Å². The molecule has 0 amide bonds. The number of esters is 2. The first-order chi connectivity index (χ1) is 11.5. The molecule has 0 bridgehead atoms. The molecule has 0 saturated heterocycles. The Labute approximate surface area is 141 Å². The maximum absolute atomic E-state index is 12.3. The Hall–Kier alpha value is -2.62. The average molecular weight is 324 g/mol. The summed E-state index contributed by atoms with van der Waals surface area (Å²) in [5.41, 5.74) is 4.08. The topological polar surface area (TPSA) is 52.6 Å². The van der Waals surface area contributed by atoms with Crippen molar-refractivity contribution in [2.24, 2.45) is 5.41 Å². The second kappa shape index (κ2) is 6.11. The van der Waals surface area contributed by atoms with Gasteiger partial charge in [0, 0.05) is 6.42 Å². The number of rotatable bonds is 3. The van der Waals surface area contributed by atoms with E-state index in [9.17, 15) is 9.59 Å². The predicted molar refractivity (Wildman–Crippen MR) is 90.5 cm³/mol. The van der Waals surface area contributed by atoms with Crippen molar-refractivity contribution in [2.45, 2.75) is 19.8 Å². The molecule has 0 unspecified atom stereocenters. The fourth-order valence-electron chi connectivity index (χ4n) is 3.61. The fourth-order valence-corrected chi connectivity index (χ4v) is 3.61. The summed E-state index contributed by atoms with van der Waals surface area (Å²) in [5.74, 6) is -1.07. The van der Waals surface area contributed by atoms with E-state index in [1.54, 1.807) is 0 Å². The summed E-state index contributed by atoms with van der Waals surface area (Å²) in [6.07, 6.45) is 0.631. The lowest BCUT2D eigenvalue weighted by molar-refractivity contribution is -0.168. The van der Waals surface area contributed by atoms with Gasteiger partial charge >= 0.3 is 11.9 Å². The van der Waals surface area contributed by atoms with E-state index >= 15 is 0 Å². The van der Waals surface area contributed by atoms with Crippen molar-refractivity contribution in [1.82, 2.24) is 0 Å². The van der Waals surface area contributed by atoms with Gasteiger partial charge in [-0.15, -0.1) is 0 Å². The third-order valence-electron chi connectivity index (χ3n) is 4.90. The predicted octanol–water partition coefficient (Wildman–Crippen LogP) is 3.09. The van der Waals surface area contributed by atoms with Crippen molar-refractivity contribution in [3.63, 3.8) is 0 Å². The lowest BCUT2D eigenvalue weighted by Crippen LogP contribution is -2.42. The Morgan fingerprint density at radius 3 is 2.12 bits per heavy atom. The van der Waals surface area contributed by atoms with Crippen LogP contribution in [0, 0.1) is 12.3 Å². The maximum atomic E-state index is 12.3. The molecule has 124 valence electrons. The zero-order chi connectivity index (χ0) is 17.3. The van der Waals surface area contributed by atoms with Crippen molar-refractivity contribution in [2.75, 3.05) is 14.2 Å². The van der Waals surface area contributed by atoms with Gasteiger partial charge in [-0.25, -0.2) is 0 Å². The standard InChI is InChI=1S/C20H20O4/c1-13-16(14-7-5-4-6-8-14)10-9-15-11-20(12-17(13)15,18(21)23-2)19(22)24-3/h4-10H,11-12H2,1-3H3. The SMILES string of the molecule is COC(=O)C1(C(=O)OC)Cc2ccc(-c3ccccc3)c(C)c2C1. The van der Waals surface area contributed by atoms with Gasteiger partial charge in [-0.3, -0.25) is 9.59 Å². The van der Waals surface area contributed by atoms with Crippen molar-refractivity contribution in [3.05, 3.63) is 59.2 Å². The van der Waals surface area contributed by atoms with Crippen LogP contribution in [-0.2, 0) is 31.9 Å². The molecule has 0 saturated carbocycles. The Morgan fingerprint density at radius 2 is 1.54 bits per heavy atom. The van der Waals surface area contributed by atoms with Crippen LogP contribution >= 0.6 is 0 Å². The van der Waals surface area contributed by atoms with Gasteiger partial charge in [0.15, 0.2) is 5.41 Å². The number of fused-ring (bicyclic) bond motifs is 1. The molecule has 4 nitrogen and oxygen atoms in total. The van der Waals surface area contributed by atoms with E-state index in [2.05, 4.69) is 12.1 Å². The minimum absolute atomic E-state index is 0.314. The molecule has 2 aromatic rings. The van der Waals surface area contributed by atoms with Crippen LogP contribution in [0.5, 0.6) is 0 Å². The van der Waals surface area contributed by atoms with Crippen LogP contribution in [0.4, 0.5) is 0 Å². The fraction of sp³-hybridized carbons (Fsp3) is 0.300. The number of methoxy groups -OCH3 is 2. The molecule has 0 aromatic heterocycles. The number of carbonyl (C=O) groups excluding carboxylic acids is 2. The Kier molecular flexibility index (Phi) is 4.14. The third-order valence-corrected chi connectivity index (χ3v) is 4.90. The summed E-state index contributed by atoms with van der Waals surface area (Å²) < 4.78 is 9.81. The zero-order valence-electron chi connectivity index (χ0n) is 14.1. The van der Waals surface area contributed by atoms with E-state index in [1.807, 2.05) is 37.3 Å². The number of hydrogen-bond donors (Lipinski definition) is 0. The van der Waals surface area contributed by atoms with E-state index in [1.165, 1.54) is 14.2 Å². The average Bonchev–Trinajstić information content (AvgIpc) is 3.03. The number of ether oxygens (including phenoxy) is 2. The summed E-state index contributed by atoms with van der Waals surface area (Å²) in [5, 5.41) is 0. The van der Waals surface area contributed by atoms with Crippen molar-refractivity contribution >= 4 is 11.9 Å². The smallest absolute Gasteiger partial charge is 0.323 e. The summed E-state index contributed by atoms with van der Waals surface area (Å²) in [4.78, 5) is 24.7. The van der Waals surface area contributed by atoms with E-state index in [4.69, 9.17) is 9.47 Å². The lowest BCUT2D eigenvalue weighted by Gasteiger charge is -2.22. The van der Waals surface area contributed by atoms with Gasteiger partial charge in [-0.05, 0) is 41.2 Å². The first kappa shape index (κ1) is 16.2. The molecule has 3 rings (SSSR count). The van der Waals surface area contributed by atoms with Crippen molar-refractivity contribution in [3.8, 4) is 11.1 Å². The molecule has 0 N–H and O–H groups in total. The molecule has 2 aromatic carbocycles. The lowest BCUT2D eigenvalue weighted by atomic mass is 9.84.